The monoisotopic (exact) mass is 194 g/mol. The van der Waals surface area contributed by atoms with Crippen molar-refractivity contribution in [3.05, 3.63) is 11.5 Å². The normalized spacial score (nSPS) is 15.3. The lowest BCUT2D eigenvalue weighted by atomic mass is 10.3. The second-order valence-electron chi connectivity index (χ2n) is 3.26. The fourth-order valence-electron chi connectivity index (χ4n) is 1.56. The maximum atomic E-state index is 11.5. The third-order valence-electron chi connectivity index (χ3n) is 2.41. The molecule has 2 rings (SSSR count). The van der Waals surface area contributed by atoms with E-state index in [0.29, 0.717) is 12.4 Å². The van der Waals surface area contributed by atoms with Crippen LogP contribution in [0.15, 0.2) is 0 Å². The number of nitrogens with zero attached hydrogens (tertiary/aromatic N) is 2. The smallest absolute Gasteiger partial charge is 0.272 e. The molecule has 0 aromatic carbocycles. The van der Waals surface area contributed by atoms with E-state index >= 15 is 0 Å². The number of fused-ring (bicyclic) bond motifs is 1. The van der Waals surface area contributed by atoms with E-state index in [9.17, 15) is 4.79 Å². The molecule has 0 fully saturated rings. The molecule has 1 aliphatic rings. The Morgan fingerprint density at radius 3 is 2.93 bits per heavy atom. The number of imidazole rings is 1. The number of aromatic amines is 1. The molecule has 1 amide bonds. The Morgan fingerprint density at radius 2 is 2.29 bits per heavy atom. The van der Waals surface area contributed by atoms with E-state index in [-0.39, 0.29) is 5.91 Å². The number of hydrogen-bond donors (Lipinski definition) is 2. The van der Waals surface area contributed by atoms with Gasteiger partial charge in [0.25, 0.3) is 5.91 Å². The van der Waals surface area contributed by atoms with Crippen molar-refractivity contribution < 1.29 is 4.79 Å². The molecule has 1 aromatic heterocycles. The minimum Gasteiger partial charge on any atom is -0.337 e. The Bertz CT molecular complexity index is 358. The lowest BCUT2D eigenvalue weighted by Gasteiger charge is -2.25. The van der Waals surface area contributed by atoms with Crippen LogP contribution in [0, 0.1) is 0 Å². The van der Waals surface area contributed by atoms with Crippen LogP contribution in [0.25, 0.3) is 0 Å². The van der Waals surface area contributed by atoms with Gasteiger partial charge in [-0.3, -0.25) is 4.79 Å². The van der Waals surface area contributed by atoms with E-state index in [2.05, 4.69) is 15.3 Å². The zero-order valence-electron chi connectivity index (χ0n) is 8.42. The number of aryl methyl sites for hydroxylation is 1. The molecule has 5 nitrogen and oxygen atoms in total. The predicted molar refractivity (Wildman–Crippen MR) is 53.3 cm³/mol. The van der Waals surface area contributed by atoms with Crippen LogP contribution < -0.4 is 10.2 Å². The van der Waals surface area contributed by atoms with Gasteiger partial charge in [0.15, 0.2) is 5.82 Å². The van der Waals surface area contributed by atoms with E-state index < -0.39 is 0 Å². The third kappa shape index (κ3) is 1.25. The number of carbonyl (C=O) groups excluding carboxylic acids is 1. The summed E-state index contributed by atoms with van der Waals surface area (Å²) in [6.45, 7) is 5.46. The Kier molecular flexibility index (Phi) is 2.15. The number of amides is 1. The second-order valence-corrected chi connectivity index (χ2v) is 3.26. The van der Waals surface area contributed by atoms with E-state index in [4.69, 9.17) is 0 Å². The number of anilines is 1. The van der Waals surface area contributed by atoms with E-state index in [1.54, 1.807) is 0 Å². The summed E-state index contributed by atoms with van der Waals surface area (Å²) in [5.74, 6) is 1.59. The molecule has 76 valence electrons. The maximum absolute atomic E-state index is 11.5. The Labute approximate surface area is 82.5 Å². The molecule has 0 unspecified atom stereocenters. The van der Waals surface area contributed by atoms with Gasteiger partial charge in [-0.2, -0.15) is 0 Å². The lowest BCUT2D eigenvalue weighted by molar-refractivity contribution is 0.0943. The molecular weight excluding hydrogens is 180 g/mol. The number of nitrogens with one attached hydrogen (secondary N) is 2. The van der Waals surface area contributed by atoms with Crippen LogP contribution in [0.5, 0.6) is 0 Å². The molecule has 1 aliphatic heterocycles. The van der Waals surface area contributed by atoms with Crippen LogP contribution in [0.4, 0.5) is 5.82 Å². The summed E-state index contributed by atoms with van der Waals surface area (Å²) in [5.41, 5.74) is 0.593. The number of carbonyl (C=O) groups is 1. The highest BCUT2D eigenvalue weighted by Gasteiger charge is 2.25. The number of hydrogen-bond acceptors (Lipinski definition) is 3. The van der Waals surface area contributed by atoms with Crippen molar-refractivity contribution >= 4 is 11.7 Å². The van der Waals surface area contributed by atoms with E-state index in [1.165, 1.54) is 0 Å². The van der Waals surface area contributed by atoms with Crippen LogP contribution in [-0.4, -0.2) is 29.1 Å². The fraction of sp³-hybridized carbons (Fsp3) is 0.556. The highest BCUT2D eigenvalue weighted by molar-refractivity contribution is 5.98. The van der Waals surface area contributed by atoms with Crippen molar-refractivity contribution in [2.75, 3.05) is 18.1 Å². The standard InChI is InChI=1S/C9H14N4O/c1-3-6-11-7-8(12-6)13(4-2)5-10-9(7)14/h3-5H2,1-2H3,(H,10,14)(H,11,12). The average molecular weight is 194 g/mol. The average Bonchev–Trinajstić information content (AvgIpc) is 2.63. The molecule has 5 heteroatoms. The van der Waals surface area contributed by atoms with Gasteiger partial charge in [-0.25, -0.2) is 4.98 Å². The topological polar surface area (TPSA) is 61.0 Å². The zero-order valence-corrected chi connectivity index (χ0v) is 8.42. The number of rotatable bonds is 2. The van der Waals surface area contributed by atoms with Gasteiger partial charge in [0.1, 0.15) is 11.5 Å². The molecule has 0 spiro atoms. The van der Waals surface area contributed by atoms with Gasteiger partial charge in [0.2, 0.25) is 0 Å². The maximum Gasteiger partial charge on any atom is 0.272 e. The first-order valence-electron chi connectivity index (χ1n) is 4.88. The van der Waals surface area contributed by atoms with Crippen molar-refractivity contribution in [2.24, 2.45) is 0 Å². The van der Waals surface area contributed by atoms with Gasteiger partial charge < -0.3 is 15.2 Å². The molecule has 2 heterocycles. The fourth-order valence-corrected chi connectivity index (χ4v) is 1.56. The van der Waals surface area contributed by atoms with Crippen molar-refractivity contribution in [3.8, 4) is 0 Å². The molecule has 0 saturated carbocycles. The summed E-state index contributed by atoms with van der Waals surface area (Å²) < 4.78 is 0. The summed E-state index contributed by atoms with van der Waals surface area (Å²) >= 11 is 0. The molecule has 0 atom stereocenters. The molecule has 0 radical (unpaired) electrons. The summed E-state index contributed by atoms with van der Waals surface area (Å²) in [7, 11) is 0. The van der Waals surface area contributed by atoms with Crippen molar-refractivity contribution in [1.82, 2.24) is 15.3 Å². The van der Waals surface area contributed by atoms with Crippen molar-refractivity contribution in [1.29, 1.82) is 0 Å². The van der Waals surface area contributed by atoms with Crippen LogP contribution in [0.3, 0.4) is 0 Å². The Balaban J connectivity index is 2.43. The minimum absolute atomic E-state index is 0.0584. The molecular formula is C9H14N4O. The van der Waals surface area contributed by atoms with E-state index in [0.717, 1.165) is 24.6 Å². The summed E-state index contributed by atoms with van der Waals surface area (Å²) in [6, 6.07) is 0. The molecule has 0 aliphatic carbocycles. The van der Waals surface area contributed by atoms with E-state index in [1.807, 2.05) is 18.7 Å². The number of aromatic nitrogens is 2. The highest BCUT2D eigenvalue weighted by atomic mass is 16.2. The van der Waals surface area contributed by atoms with Crippen LogP contribution in [-0.2, 0) is 6.42 Å². The van der Waals surface area contributed by atoms with Crippen LogP contribution >= 0.6 is 0 Å². The summed E-state index contributed by atoms with van der Waals surface area (Å²) in [5, 5.41) is 2.79. The molecule has 2 N–H and O–H groups in total. The van der Waals surface area contributed by atoms with Gasteiger partial charge in [-0.05, 0) is 6.92 Å². The SMILES string of the molecule is CCc1nc2c([nH]1)C(=O)NCN2CC. The van der Waals surface area contributed by atoms with Gasteiger partial charge in [-0.1, -0.05) is 6.92 Å². The molecule has 14 heavy (non-hydrogen) atoms. The van der Waals surface area contributed by atoms with Gasteiger partial charge in [-0.15, -0.1) is 0 Å². The lowest BCUT2D eigenvalue weighted by Crippen LogP contribution is -2.43. The second kappa shape index (κ2) is 3.32. The van der Waals surface area contributed by atoms with Crippen molar-refractivity contribution in [3.63, 3.8) is 0 Å². The minimum atomic E-state index is -0.0584. The summed E-state index contributed by atoms with van der Waals surface area (Å²) in [4.78, 5) is 20.9. The first-order valence-corrected chi connectivity index (χ1v) is 4.88. The first-order chi connectivity index (χ1) is 6.76. The third-order valence-corrected chi connectivity index (χ3v) is 2.41. The molecule has 1 aromatic rings. The van der Waals surface area contributed by atoms with Crippen LogP contribution in [0.1, 0.15) is 30.2 Å². The first kappa shape index (κ1) is 9.05. The van der Waals surface area contributed by atoms with Gasteiger partial charge >= 0.3 is 0 Å². The van der Waals surface area contributed by atoms with Gasteiger partial charge in [0, 0.05) is 13.0 Å². The zero-order chi connectivity index (χ0) is 10.1. The molecule has 0 bridgehead atoms. The van der Waals surface area contributed by atoms with Gasteiger partial charge in [0.05, 0.1) is 6.67 Å². The molecule has 0 saturated heterocycles. The number of H-pyrrole nitrogens is 1. The predicted octanol–water partition coefficient (Wildman–Crippen LogP) is 0.499. The van der Waals surface area contributed by atoms with Crippen molar-refractivity contribution in [2.45, 2.75) is 20.3 Å². The Hall–Kier alpha value is -1.52. The summed E-state index contributed by atoms with van der Waals surface area (Å²) in [6.07, 6.45) is 0.817. The Morgan fingerprint density at radius 1 is 1.50 bits per heavy atom. The highest BCUT2D eigenvalue weighted by Crippen LogP contribution is 2.20. The quantitative estimate of drug-likeness (QED) is 0.720. The largest absolute Gasteiger partial charge is 0.337 e. The van der Waals surface area contributed by atoms with Crippen LogP contribution in [0.2, 0.25) is 0 Å².